The Labute approximate surface area is 149 Å². The fourth-order valence-corrected chi connectivity index (χ4v) is 3.82. The molecule has 0 saturated carbocycles. The highest BCUT2D eigenvalue weighted by atomic mass is 35.5. The highest BCUT2D eigenvalue weighted by molar-refractivity contribution is 5.85. The molecule has 0 aromatic heterocycles. The first-order chi connectivity index (χ1) is 11.3. The third-order valence-electron chi connectivity index (χ3n) is 5.08. The highest BCUT2D eigenvalue weighted by Crippen LogP contribution is 2.29. The molecule has 3 nitrogen and oxygen atoms in total. The van der Waals surface area contributed by atoms with Crippen molar-refractivity contribution in [3.05, 3.63) is 70.8 Å². The number of hydrogen-bond acceptors (Lipinski definition) is 2. The van der Waals surface area contributed by atoms with E-state index in [0.717, 1.165) is 32.2 Å². The summed E-state index contributed by atoms with van der Waals surface area (Å²) in [4.78, 5) is 12.7. The molecule has 4 rings (SSSR count). The fourth-order valence-electron chi connectivity index (χ4n) is 3.82. The number of aryl methyl sites for hydroxylation is 1. The van der Waals surface area contributed by atoms with E-state index >= 15 is 0 Å². The fraction of sp³-hybridized carbons (Fsp3) is 0.350. The van der Waals surface area contributed by atoms with E-state index in [9.17, 15) is 4.79 Å². The Morgan fingerprint density at radius 2 is 1.71 bits per heavy atom. The second-order valence-electron chi connectivity index (χ2n) is 6.56. The molecule has 2 atom stereocenters. The minimum absolute atomic E-state index is 0. The molecule has 0 radical (unpaired) electrons. The van der Waals surface area contributed by atoms with Crippen LogP contribution < -0.4 is 10.6 Å². The molecule has 2 aromatic rings. The summed E-state index contributed by atoms with van der Waals surface area (Å²) in [6, 6.07) is 16.9. The van der Waals surface area contributed by atoms with Crippen molar-refractivity contribution in [3.8, 4) is 0 Å². The Morgan fingerprint density at radius 3 is 2.54 bits per heavy atom. The molecule has 0 saturated heterocycles. The zero-order chi connectivity index (χ0) is 15.6. The molecule has 24 heavy (non-hydrogen) atoms. The summed E-state index contributed by atoms with van der Waals surface area (Å²) in [5.74, 6) is 0.126. The molecule has 0 fully saturated rings. The van der Waals surface area contributed by atoms with Gasteiger partial charge in [0.2, 0.25) is 5.91 Å². The van der Waals surface area contributed by atoms with Crippen LogP contribution >= 0.6 is 12.4 Å². The molecular weight excluding hydrogens is 320 g/mol. The number of carbonyl (C=O) groups excluding carboxylic acids is 1. The van der Waals surface area contributed by atoms with Gasteiger partial charge in [-0.25, -0.2) is 0 Å². The molecule has 4 heteroatoms. The van der Waals surface area contributed by atoms with Gasteiger partial charge in [-0.3, -0.25) is 4.79 Å². The summed E-state index contributed by atoms with van der Waals surface area (Å²) in [5, 5.41) is 6.65. The first-order valence-corrected chi connectivity index (χ1v) is 8.49. The Kier molecular flexibility index (Phi) is 5.22. The molecule has 2 aromatic carbocycles. The Morgan fingerprint density at radius 1 is 1.00 bits per heavy atom. The summed E-state index contributed by atoms with van der Waals surface area (Å²) in [7, 11) is 0. The summed E-state index contributed by atoms with van der Waals surface area (Å²) >= 11 is 0. The van der Waals surface area contributed by atoms with Gasteiger partial charge < -0.3 is 10.6 Å². The summed E-state index contributed by atoms with van der Waals surface area (Å²) in [5.41, 5.74) is 5.27. The Bertz CT molecular complexity index is 731. The number of amides is 1. The van der Waals surface area contributed by atoms with Crippen molar-refractivity contribution in [3.63, 3.8) is 0 Å². The van der Waals surface area contributed by atoms with Crippen molar-refractivity contribution < 1.29 is 4.79 Å². The van der Waals surface area contributed by atoms with E-state index < -0.39 is 0 Å². The van der Waals surface area contributed by atoms with Crippen LogP contribution in [0.1, 0.15) is 41.1 Å². The van der Waals surface area contributed by atoms with Gasteiger partial charge in [0.05, 0.1) is 12.1 Å². The van der Waals surface area contributed by atoms with Crippen LogP contribution in [0, 0.1) is 0 Å². The first-order valence-electron chi connectivity index (χ1n) is 8.49. The molecule has 1 amide bonds. The SMILES string of the molecule is Cl.O=C(NC1CCCc2ccccc21)[C@@H]1Cc2ccccc2CN1. The van der Waals surface area contributed by atoms with Crippen LogP contribution in [0.4, 0.5) is 0 Å². The van der Waals surface area contributed by atoms with Crippen molar-refractivity contribution in [2.75, 3.05) is 0 Å². The smallest absolute Gasteiger partial charge is 0.237 e. The normalized spacial score (nSPS) is 21.8. The molecule has 2 N–H and O–H groups in total. The van der Waals surface area contributed by atoms with Crippen molar-refractivity contribution in [1.82, 2.24) is 10.6 Å². The predicted octanol–water partition coefficient (Wildman–Crippen LogP) is 3.32. The average molecular weight is 343 g/mol. The van der Waals surface area contributed by atoms with Crippen LogP contribution in [-0.4, -0.2) is 11.9 Å². The van der Waals surface area contributed by atoms with Crippen LogP contribution in [-0.2, 0) is 24.2 Å². The van der Waals surface area contributed by atoms with E-state index in [1.807, 2.05) is 0 Å². The topological polar surface area (TPSA) is 41.1 Å². The second kappa shape index (κ2) is 7.37. The van der Waals surface area contributed by atoms with Gasteiger partial charge in [-0.05, 0) is 47.9 Å². The number of rotatable bonds is 2. The lowest BCUT2D eigenvalue weighted by molar-refractivity contribution is -0.124. The standard InChI is InChI=1S/C20H22N2O.ClH/c23-20(19-12-15-7-1-2-8-16(15)13-21-19)22-18-11-5-9-14-6-3-4-10-17(14)18;/h1-4,6-8,10,18-19,21H,5,9,11-13H2,(H,22,23);1H/t18?,19-;/m0./s1. The Hall–Kier alpha value is -1.84. The van der Waals surface area contributed by atoms with Gasteiger partial charge in [0, 0.05) is 6.54 Å². The van der Waals surface area contributed by atoms with Crippen LogP contribution in [0.5, 0.6) is 0 Å². The van der Waals surface area contributed by atoms with E-state index in [1.54, 1.807) is 0 Å². The van der Waals surface area contributed by atoms with Crippen molar-refractivity contribution >= 4 is 18.3 Å². The van der Waals surface area contributed by atoms with Crippen LogP contribution in [0.2, 0.25) is 0 Å². The summed E-state index contributed by atoms with van der Waals surface area (Å²) in [6.07, 6.45) is 4.07. The van der Waals surface area contributed by atoms with Crippen LogP contribution in [0.25, 0.3) is 0 Å². The largest absolute Gasteiger partial charge is 0.348 e. The minimum atomic E-state index is -0.126. The van der Waals surface area contributed by atoms with E-state index in [4.69, 9.17) is 0 Å². The number of fused-ring (bicyclic) bond motifs is 2. The van der Waals surface area contributed by atoms with Gasteiger partial charge in [-0.2, -0.15) is 0 Å². The lowest BCUT2D eigenvalue weighted by Gasteiger charge is -2.30. The molecule has 0 bridgehead atoms. The van der Waals surface area contributed by atoms with Gasteiger partial charge in [0.25, 0.3) is 0 Å². The second-order valence-corrected chi connectivity index (χ2v) is 6.56. The van der Waals surface area contributed by atoms with Crippen molar-refractivity contribution in [2.45, 2.75) is 44.3 Å². The van der Waals surface area contributed by atoms with E-state index in [1.165, 1.54) is 22.3 Å². The number of carbonyl (C=O) groups is 1. The zero-order valence-electron chi connectivity index (χ0n) is 13.6. The van der Waals surface area contributed by atoms with E-state index in [-0.39, 0.29) is 30.4 Å². The monoisotopic (exact) mass is 342 g/mol. The van der Waals surface area contributed by atoms with E-state index in [2.05, 4.69) is 59.2 Å². The predicted molar refractivity (Wildman–Crippen MR) is 98.3 cm³/mol. The molecule has 1 heterocycles. The summed E-state index contributed by atoms with van der Waals surface area (Å²) in [6.45, 7) is 0.773. The number of nitrogens with one attached hydrogen (secondary N) is 2. The molecular formula is C20H23ClN2O. The lowest BCUT2D eigenvalue weighted by atomic mass is 9.87. The number of benzene rings is 2. The van der Waals surface area contributed by atoms with Gasteiger partial charge in [0.1, 0.15) is 0 Å². The highest BCUT2D eigenvalue weighted by Gasteiger charge is 2.27. The third-order valence-corrected chi connectivity index (χ3v) is 5.08. The molecule has 1 aliphatic heterocycles. The molecule has 2 aliphatic rings. The lowest BCUT2D eigenvalue weighted by Crippen LogP contribution is -2.48. The van der Waals surface area contributed by atoms with Gasteiger partial charge in [-0.15, -0.1) is 12.4 Å². The molecule has 126 valence electrons. The van der Waals surface area contributed by atoms with Gasteiger partial charge >= 0.3 is 0 Å². The van der Waals surface area contributed by atoms with Crippen LogP contribution in [0.15, 0.2) is 48.5 Å². The zero-order valence-corrected chi connectivity index (χ0v) is 14.4. The maximum Gasteiger partial charge on any atom is 0.237 e. The summed E-state index contributed by atoms with van der Waals surface area (Å²) < 4.78 is 0. The van der Waals surface area contributed by atoms with Gasteiger partial charge in [-0.1, -0.05) is 48.5 Å². The maximum atomic E-state index is 12.7. The molecule has 0 spiro atoms. The average Bonchev–Trinajstić information content (AvgIpc) is 2.61. The minimum Gasteiger partial charge on any atom is -0.348 e. The van der Waals surface area contributed by atoms with E-state index in [0.29, 0.717) is 0 Å². The number of halogens is 1. The van der Waals surface area contributed by atoms with Crippen molar-refractivity contribution in [2.24, 2.45) is 0 Å². The third kappa shape index (κ3) is 3.33. The first kappa shape index (κ1) is 17.0. The number of hydrogen-bond donors (Lipinski definition) is 2. The molecule has 1 aliphatic carbocycles. The Balaban J connectivity index is 0.00000169. The maximum absolute atomic E-state index is 12.7. The van der Waals surface area contributed by atoms with Gasteiger partial charge in [0.15, 0.2) is 0 Å². The van der Waals surface area contributed by atoms with Crippen molar-refractivity contribution in [1.29, 1.82) is 0 Å². The quantitative estimate of drug-likeness (QED) is 0.879. The van der Waals surface area contributed by atoms with Crippen LogP contribution in [0.3, 0.4) is 0 Å². The molecule has 1 unspecified atom stereocenters.